The Kier molecular flexibility index (Phi) is 4.74. The third kappa shape index (κ3) is 3.22. The molecule has 3 aromatic rings. The van der Waals surface area contributed by atoms with Crippen LogP contribution >= 0.6 is 0 Å². The van der Waals surface area contributed by atoms with Gasteiger partial charge in [0.15, 0.2) is 0 Å². The van der Waals surface area contributed by atoms with Gasteiger partial charge >= 0.3 is 0 Å². The Labute approximate surface area is 142 Å². The van der Waals surface area contributed by atoms with Crippen molar-refractivity contribution in [2.75, 3.05) is 20.6 Å². The standard InChI is InChI=1S/C20H20N4/c1-23(2)12-13-24-15-22-19(16-8-4-3-5-9-16)20(24)18-11-7-6-10-17(18)14-21/h3-11,15H,12-13H2,1-2H3. The molecular formula is C20H20N4. The van der Waals surface area contributed by atoms with E-state index in [9.17, 15) is 5.26 Å². The average Bonchev–Trinajstić information content (AvgIpc) is 3.04. The predicted molar refractivity (Wildman–Crippen MR) is 96.4 cm³/mol. The van der Waals surface area contributed by atoms with Gasteiger partial charge in [0, 0.05) is 24.2 Å². The van der Waals surface area contributed by atoms with Crippen LogP contribution in [-0.2, 0) is 6.54 Å². The van der Waals surface area contributed by atoms with Crippen molar-refractivity contribution in [3.05, 3.63) is 66.5 Å². The number of nitrogens with zero attached hydrogens (tertiary/aromatic N) is 4. The summed E-state index contributed by atoms with van der Waals surface area (Å²) in [7, 11) is 4.11. The Morgan fingerprint density at radius 1 is 1.04 bits per heavy atom. The molecule has 2 aromatic carbocycles. The van der Waals surface area contributed by atoms with Crippen LogP contribution < -0.4 is 0 Å². The van der Waals surface area contributed by atoms with Crippen LogP contribution in [0.4, 0.5) is 0 Å². The molecule has 0 atom stereocenters. The van der Waals surface area contributed by atoms with Gasteiger partial charge < -0.3 is 9.47 Å². The normalized spacial score (nSPS) is 10.8. The highest BCUT2D eigenvalue weighted by Gasteiger charge is 2.17. The van der Waals surface area contributed by atoms with Crippen LogP contribution in [0.25, 0.3) is 22.5 Å². The zero-order chi connectivity index (χ0) is 16.9. The quantitative estimate of drug-likeness (QED) is 0.722. The minimum absolute atomic E-state index is 0.668. The minimum atomic E-state index is 0.668. The molecule has 0 radical (unpaired) electrons. The fourth-order valence-corrected chi connectivity index (χ4v) is 2.74. The van der Waals surface area contributed by atoms with Crippen molar-refractivity contribution < 1.29 is 0 Å². The Bertz CT molecular complexity index is 857. The van der Waals surface area contributed by atoms with E-state index in [1.54, 1.807) is 0 Å². The highest BCUT2D eigenvalue weighted by molar-refractivity contribution is 5.81. The maximum Gasteiger partial charge on any atom is 0.0998 e. The second-order valence-electron chi connectivity index (χ2n) is 5.96. The maximum absolute atomic E-state index is 9.50. The molecule has 0 amide bonds. The minimum Gasteiger partial charge on any atom is -0.329 e. The monoisotopic (exact) mass is 316 g/mol. The number of imidazole rings is 1. The van der Waals surface area contributed by atoms with Crippen molar-refractivity contribution >= 4 is 0 Å². The maximum atomic E-state index is 9.50. The fraction of sp³-hybridized carbons (Fsp3) is 0.200. The van der Waals surface area contributed by atoms with Crippen molar-refractivity contribution in [1.82, 2.24) is 14.5 Å². The zero-order valence-electron chi connectivity index (χ0n) is 14.0. The molecule has 120 valence electrons. The van der Waals surface area contributed by atoms with Crippen molar-refractivity contribution in [1.29, 1.82) is 5.26 Å². The van der Waals surface area contributed by atoms with Gasteiger partial charge in [-0.2, -0.15) is 5.26 Å². The molecule has 0 bridgehead atoms. The van der Waals surface area contributed by atoms with Gasteiger partial charge in [0.1, 0.15) is 0 Å². The van der Waals surface area contributed by atoms with Gasteiger partial charge in [-0.05, 0) is 20.2 Å². The molecule has 0 saturated heterocycles. The van der Waals surface area contributed by atoms with Gasteiger partial charge in [0.05, 0.1) is 29.3 Å². The topological polar surface area (TPSA) is 44.9 Å². The summed E-state index contributed by atoms with van der Waals surface area (Å²) in [5.41, 5.74) is 4.57. The number of hydrogen-bond acceptors (Lipinski definition) is 3. The molecule has 4 heteroatoms. The van der Waals surface area contributed by atoms with Crippen LogP contribution in [0.15, 0.2) is 60.9 Å². The van der Waals surface area contributed by atoms with Gasteiger partial charge in [-0.25, -0.2) is 4.98 Å². The van der Waals surface area contributed by atoms with E-state index in [0.29, 0.717) is 5.56 Å². The molecule has 1 heterocycles. The second kappa shape index (κ2) is 7.12. The predicted octanol–water partition coefficient (Wildman–Crippen LogP) is 3.65. The van der Waals surface area contributed by atoms with Crippen molar-refractivity contribution in [3.63, 3.8) is 0 Å². The molecule has 3 rings (SSSR count). The summed E-state index contributed by atoms with van der Waals surface area (Å²) >= 11 is 0. The van der Waals surface area contributed by atoms with Crippen LogP contribution in [0.2, 0.25) is 0 Å². The summed E-state index contributed by atoms with van der Waals surface area (Å²) in [6.07, 6.45) is 1.87. The number of aromatic nitrogens is 2. The Balaban J connectivity index is 2.17. The fourth-order valence-electron chi connectivity index (χ4n) is 2.74. The molecule has 0 spiro atoms. The third-order valence-corrected chi connectivity index (χ3v) is 3.98. The number of nitriles is 1. The molecule has 0 aliphatic rings. The van der Waals surface area contributed by atoms with E-state index >= 15 is 0 Å². The molecule has 1 aromatic heterocycles. The summed E-state index contributed by atoms with van der Waals surface area (Å²) in [4.78, 5) is 6.79. The van der Waals surface area contributed by atoms with Crippen LogP contribution in [0.3, 0.4) is 0 Å². The largest absolute Gasteiger partial charge is 0.329 e. The van der Waals surface area contributed by atoms with Crippen LogP contribution in [0, 0.1) is 11.3 Å². The SMILES string of the molecule is CN(C)CCn1cnc(-c2ccccc2)c1-c1ccccc1C#N. The van der Waals surface area contributed by atoms with Gasteiger partial charge in [-0.15, -0.1) is 0 Å². The van der Waals surface area contributed by atoms with Crippen molar-refractivity contribution in [2.24, 2.45) is 0 Å². The summed E-state index contributed by atoms with van der Waals surface area (Å²) in [5.74, 6) is 0. The lowest BCUT2D eigenvalue weighted by molar-refractivity contribution is 0.385. The highest BCUT2D eigenvalue weighted by Crippen LogP contribution is 2.33. The lowest BCUT2D eigenvalue weighted by atomic mass is 10.0. The summed E-state index contributed by atoms with van der Waals surface area (Å²) in [6.45, 7) is 1.73. The number of rotatable bonds is 5. The number of likely N-dealkylation sites (N-methyl/N-ethyl adjacent to an activating group) is 1. The first-order chi connectivity index (χ1) is 11.7. The molecule has 24 heavy (non-hydrogen) atoms. The Morgan fingerprint density at radius 3 is 2.46 bits per heavy atom. The summed E-state index contributed by atoms with van der Waals surface area (Å²) < 4.78 is 2.14. The van der Waals surface area contributed by atoms with E-state index in [-0.39, 0.29) is 0 Å². The Hall–Kier alpha value is -2.90. The van der Waals surface area contributed by atoms with E-state index in [2.05, 4.69) is 46.7 Å². The first-order valence-corrected chi connectivity index (χ1v) is 7.95. The highest BCUT2D eigenvalue weighted by atomic mass is 15.1. The van der Waals surface area contributed by atoms with Crippen molar-refractivity contribution in [3.8, 4) is 28.6 Å². The van der Waals surface area contributed by atoms with Gasteiger partial charge in [-0.3, -0.25) is 0 Å². The molecule has 0 saturated carbocycles. The van der Waals surface area contributed by atoms with Crippen LogP contribution in [-0.4, -0.2) is 35.1 Å². The van der Waals surface area contributed by atoms with Crippen LogP contribution in [0.1, 0.15) is 5.56 Å². The average molecular weight is 316 g/mol. The molecule has 0 N–H and O–H groups in total. The smallest absolute Gasteiger partial charge is 0.0998 e. The first-order valence-electron chi connectivity index (χ1n) is 7.95. The molecule has 4 nitrogen and oxygen atoms in total. The molecular weight excluding hydrogens is 296 g/mol. The van der Waals surface area contributed by atoms with Crippen LogP contribution in [0.5, 0.6) is 0 Å². The molecule has 0 aliphatic heterocycles. The lowest BCUT2D eigenvalue weighted by Gasteiger charge is -2.14. The van der Waals surface area contributed by atoms with Gasteiger partial charge in [0.25, 0.3) is 0 Å². The molecule has 0 unspecified atom stereocenters. The van der Waals surface area contributed by atoms with E-state index in [1.165, 1.54) is 0 Å². The summed E-state index contributed by atoms with van der Waals surface area (Å²) in [5, 5.41) is 9.50. The Morgan fingerprint density at radius 2 is 1.75 bits per heavy atom. The van der Waals surface area contributed by atoms with E-state index in [1.807, 2.05) is 48.8 Å². The van der Waals surface area contributed by atoms with E-state index < -0.39 is 0 Å². The van der Waals surface area contributed by atoms with E-state index in [0.717, 1.165) is 35.6 Å². The van der Waals surface area contributed by atoms with Gasteiger partial charge in [-0.1, -0.05) is 48.5 Å². The van der Waals surface area contributed by atoms with Crippen molar-refractivity contribution in [2.45, 2.75) is 6.54 Å². The molecule has 0 fully saturated rings. The first kappa shape index (κ1) is 16.0. The summed E-state index contributed by atoms with van der Waals surface area (Å²) in [6, 6.07) is 20.1. The van der Waals surface area contributed by atoms with Gasteiger partial charge in [0.2, 0.25) is 0 Å². The zero-order valence-corrected chi connectivity index (χ0v) is 14.0. The molecule has 0 aliphatic carbocycles. The third-order valence-electron chi connectivity index (χ3n) is 3.98. The lowest BCUT2D eigenvalue weighted by Crippen LogP contribution is -2.18. The number of hydrogen-bond donors (Lipinski definition) is 0. The number of benzene rings is 2. The van der Waals surface area contributed by atoms with E-state index in [4.69, 9.17) is 0 Å². The second-order valence-corrected chi connectivity index (χ2v) is 5.96.